The molecule has 28 heavy (non-hydrogen) atoms. The van der Waals surface area contributed by atoms with Gasteiger partial charge in [-0.05, 0) is 25.3 Å². The number of carbonyl (C=O) groups is 2. The molecule has 0 bridgehead atoms. The molecule has 4 rings (SSSR count). The van der Waals surface area contributed by atoms with E-state index in [0.29, 0.717) is 18.7 Å². The average molecular weight is 373 g/mol. The molecule has 5 nitrogen and oxygen atoms in total. The lowest BCUT2D eigenvalue weighted by Gasteiger charge is -2.32. The second-order valence-electron chi connectivity index (χ2n) is 7.35. The zero-order valence-corrected chi connectivity index (χ0v) is 15.9. The van der Waals surface area contributed by atoms with Crippen LogP contribution in [0.1, 0.15) is 40.4 Å². The molecule has 142 valence electrons. The molecule has 5 heteroatoms. The lowest BCUT2D eigenvalue weighted by molar-refractivity contribution is -0.127. The van der Waals surface area contributed by atoms with Crippen LogP contribution in [0.5, 0.6) is 0 Å². The van der Waals surface area contributed by atoms with Gasteiger partial charge in [-0.25, -0.2) is 0 Å². The predicted molar refractivity (Wildman–Crippen MR) is 108 cm³/mol. The van der Waals surface area contributed by atoms with E-state index >= 15 is 0 Å². The predicted octanol–water partition coefficient (Wildman–Crippen LogP) is 3.97. The van der Waals surface area contributed by atoms with E-state index in [4.69, 9.17) is 0 Å². The molecule has 1 atom stereocenters. The maximum atomic E-state index is 12.8. The normalized spacial score (nSPS) is 16.8. The van der Waals surface area contributed by atoms with E-state index in [-0.39, 0.29) is 5.92 Å². The summed E-state index contributed by atoms with van der Waals surface area (Å²) in [6, 6.07) is 17.1. The molecule has 0 saturated carbocycles. The number of Topliss-reactive ketones (excluding diaryl/α,β-unsaturated/α-hetero) is 1. The number of likely N-dealkylation sites (tertiary alicyclic amines) is 1. The number of nitrogens with one attached hydrogen (secondary N) is 1. The lowest BCUT2D eigenvalue weighted by atomic mass is 9.90. The van der Waals surface area contributed by atoms with Crippen LogP contribution in [0.3, 0.4) is 0 Å². The zero-order valence-electron chi connectivity index (χ0n) is 15.9. The van der Waals surface area contributed by atoms with E-state index < -0.39 is 11.7 Å². The number of ketones is 1. The first-order valence-electron chi connectivity index (χ1n) is 9.62. The molecule has 1 aromatic heterocycles. The lowest BCUT2D eigenvalue weighted by Crippen LogP contribution is -2.42. The van der Waals surface area contributed by atoms with Crippen LogP contribution in [0.15, 0.2) is 60.8 Å². The molecule has 2 aromatic carbocycles. The van der Waals surface area contributed by atoms with E-state index in [0.717, 1.165) is 29.7 Å². The van der Waals surface area contributed by atoms with Crippen molar-refractivity contribution in [2.75, 3.05) is 13.1 Å². The largest absolute Gasteiger partial charge is 0.335 e. The number of aromatic amines is 1. The summed E-state index contributed by atoms with van der Waals surface area (Å²) in [5, 5.41) is 7.39. The Kier molecular flexibility index (Phi) is 5.06. The van der Waals surface area contributed by atoms with Crippen molar-refractivity contribution >= 4 is 11.7 Å². The molecule has 0 spiro atoms. The summed E-state index contributed by atoms with van der Waals surface area (Å²) in [6.07, 6.45) is 3.67. The highest BCUT2D eigenvalue weighted by atomic mass is 16.2. The standard InChI is InChI=1S/C23H23N3O2/c1-16-9-11-17(12-10-16)20-14-24-25-21(20)19-8-5-13-26(15-19)23(28)22(27)18-6-3-2-4-7-18/h2-4,6-7,9-12,14,19H,5,8,13,15H2,1H3,(H,24,25). The van der Waals surface area contributed by atoms with Crippen molar-refractivity contribution < 1.29 is 9.59 Å². The number of aromatic nitrogens is 2. The minimum Gasteiger partial charge on any atom is -0.335 e. The van der Waals surface area contributed by atoms with Gasteiger partial charge in [0.1, 0.15) is 0 Å². The van der Waals surface area contributed by atoms with Crippen LogP contribution in [0.4, 0.5) is 0 Å². The Morgan fingerprint density at radius 2 is 1.82 bits per heavy atom. The average Bonchev–Trinajstić information content (AvgIpc) is 3.24. The Labute approximate surface area is 164 Å². The Hall–Kier alpha value is -3.21. The third-order valence-electron chi connectivity index (χ3n) is 5.38. The number of rotatable bonds is 4. The molecule has 0 radical (unpaired) electrons. The first kappa shape index (κ1) is 18.2. The van der Waals surface area contributed by atoms with Gasteiger partial charge in [-0.15, -0.1) is 0 Å². The molecular formula is C23H23N3O2. The fourth-order valence-corrected chi connectivity index (χ4v) is 3.82. The first-order chi connectivity index (χ1) is 13.6. The Balaban J connectivity index is 1.53. The monoisotopic (exact) mass is 373 g/mol. The SMILES string of the molecule is Cc1ccc(-c2cn[nH]c2C2CCCN(C(=O)C(=O)c3ccccc3)C2)cc1. The van der Waals surface area contributed by atoms with Gasteiger partial charge in [-0.1, -0.05) is 60.2 Å². The van der Waals surface area contributed by atoms with Crippen LogP contribution in [0.25, 0.3) is 11.1 Å². The van der Waals surface area contributed by atoms with Gasteiger partial charge in [0, 0.05) is 35.8 Å². The van der Waals surface area contributed by atoms with Gasteiger partial charge in [-0.3, -0.25) is 14.7 Å². The number of hydrogen-bond donors (Lipinski definition) is 1. The zero-order chi connectivity index (χ0) is 19.5. The number of hydrogen-bond acceptors (Lipinski definition) is 3. The number of carbonyl (C=O) groups excluding carboxylic acids is 2. The summed E-state index contributed by atoms with van der Waals surface area (Å²) in [5.74, 6) is -0.725. The molecule has 1 unspecified atom stereocenters. The highest BCUT2D eigenvalue weighted by molar-refractivity contribution is 6.42. The Bertz CT molecular complexity index is 977. The fourth-order valence-electron chi connectivity index (χ4n) is 3.82. The van der Waals surface area contributed by atoms with E-state index in [1.54, 1.807) is 29.2 Å². The molecule has 1 amide bonds. The van der Waals surface area contributed by atoms with Crippen LogP contribution >= 0.6 is 0 Å². The van der Waals surface area contributed by atoms with Crippen molar-refractivity contribution in [3.8, 4) is 11.1 Å². The summed E-state index contributed by atoms with van der Waals surface area (Å²) in [5.41, 5.74) is 4.86. The number of benzene rings is 2. The van der Waals surface area contributed by atoms with Gasteiger partial charge in [0.05, 0.1) is 6.20 Å². The third-order valence-corrected chi connectivity index (χ3v) is 5.38. The van der Waals surface area contributed by atoms with Crippen molar-refractivity contribution in [2.45, 2.75) is 25.7 Å². The Morgan fingerprint density at radius 1 is 1.07 bits per heavy atom. The summed E-state index contributed by atoms with van der Waals surface area (Å²) >= 11 is 0. The summed E-state index contributed by atoms with van der Waals surface area (Å²) in [4.78, 5) is 27.0. The van der Waals surface area contributed by atoms with Gasteiger partial charge < -0.3 is 4.90 Å². The van der Waals surface area contributed by atoms with Crippen molar-refractivity contribution in [1.82, 2.24) is 15.1 Å². The number of H-pyrrole nitrogens is 1. The summed E-state index contributed by atoms with van der Waals surface area (Å²) < 4.78 is 0. The molecule has 0 aliphatic carbocycles. The van der Waals surface area contributed by atoms with E-state index in [1.807, 2.05) is 12.3 Å². The number of aryl methyl sites for hydroxylation is 1. The van der Waals surface area contributed by atoms with Gasteiger partial charge in [0.25, 0.3) is 5.91 Å². The number of amides is 1. The molecule has 1 aliphatic rings. The molecule has 1 saturated heterocycles. The van der Waals surface area contributed by atoms with Crippen molar-refractivity contribution in [1.29, 1.82) is 0 Å². The van der Waals surface area contributed by atoms with E-state index in [1.165, 1.54) is 5.56 Å². The molecule has 2 heterocycles. The molecule has 3 aromatic rings. The van der Waals surface area contributed by atoms with Crippen LogP contribution in [0, 0.1) is 6.92 Å². The van der Waals surface area contributed by atoms with Crippen LogP contribution in [-0.2, 0) is 4.79 Å². The van der Waals surface area contributed by atoms with Crippen LogP contribution < -0.4 is 0 Å². The first-order valence-corrected chi connectivity index (χ1v) is 9.62. The minimum absolute atomic E-state index is 0.139. The van der Waals surface area contributed by atoms with Crippen molar-refractivity contribution in [3.63, 3.8) is 0 Å². The second-order valence-corrected chi connectivity index (χ2v) is 7.35. The summed E-state index contributed by atoms with van der Waals surface area (Å²) in [7, 11) is 0. The van der Waals surface area contributed by atoms with Crippen LogP contribution in [-0.4, -0.2) is 39.9 Å². The molecule has 1 aliphatic heterocycles. The number of piperidine rings is 1. The Morgan fingerprint density at radius 3 is 2.57 bits per heavy atom. The molecule has 1 N–H and O–H groups in total. The van der Waals surface area contributed by atoms with Crippen molar-refractivity contribution in [3.05, 3.63) is 77.6 Å². The smallest absolute Gasteiger partial charge is 0.294 e. The van der Waals surface area contributed by atoms with Crippen LogP contribution in [0.2, 0.25) is 0 Å². The summed E-state index contributed by atoms with van der Waals surface area (Å²) in [6.45, 7) is 3.20. The van der Waals surface area contributed by atoms with E-state index in [9.17, 15) is 9.59 Å². The van der Waals surface area contributed by atoms with E-state index in [2.05, 4.69) is 41.4 Å². The third kappa shape index (κ3) is 3.60. The van der Waals surface area contributed by atoms with Gasteiger partial charge in [-0.2, -0.15) is 5.10 Å². The number of nitrogens with zero attached hydrogens (tertiary/aromatic N) is 2. The van der Waals surface area contributed by atoms with Gasteiger partial charge in [0.2, 0.25) is 5.78 Å². The highest BCUT2D eigenvalue weighted by Crippen LogP contribution is 2.33. The molecule has 1 fully saturated rings. The van der Waals surface area contributed by atoms with Gasteiger partial charge >= 0.3 is 0 Å². The van der Waals surface area contributed by atoms with Gasteiger partial charge in [0.15, 0.2) is 0 Å². The molecular weight excluding hydrogens is 350 g/mol. The maximum Gasteiger partial charge on any atom is 0.294 e. The highest BCUT2D eigenvalue weighted by Gasteiger charge is 2.30. The maximum absolute atomic E-state index is 12.8. The minimum atomic E-state index is -0.440. The topological polar surface area (TPSA) is 66.1 Å². The fraction of sp³-hybridized carbons (Fsp3) is 0.261. The van der Waals surface area contributed by atoms with Crippen molar-refractivity contribution in [2.24, 2.45) is 0 Å². The second kappa shape index (κ2) is 7.80. The quantitative estimate of drug-likeness (QED) is 0.556.